The molecule has 1 aliphatic rings. The zero-order chi connectivity index (χ0) is 17.5. The van der Waals surface area contributed by atoms with E-state index < -0.39 is 0 Å². The maximum absolute atomic E-state index is 12.0. The smallest absolute Gasteiger partial charge is 0.409 e. The van der Waals surface area contributed by atoms with Gasteiger partial charge in [-0.1, -0.05) is 6.07 Å². The SMILES string of the molecule is CCOC(=O)N1CCC(NC(=O)COc2ccc(C)c(C)c2)CC1. The van der Waals surface area contributed by atoms with Crippen molar-refractivity contribution in [3.63, 3.8) is 0 Å². The Morgan fingerprint density at radius 1 is 1.21 bits per heavy atom. The number of hydrogen-bond donors (Lipinski definition) is 1. The van der Waals surface area contributed by atoms with Gasteiger partial charge in [-0.2, -0.15) is 0 Å². The number of ether oxygens (including phenoxy) is 2. The van der Waals surface area contributed by atoms with Crippen molar-refractivity contribution in [3.05, 3.63) is 29.3 Å². The first-order valence-electron chi connectivity index (χ1n) is 8.40. The highest BCUT2D eigenvalue weighted by molar-refractivity contribution is 5.78. The van der Waals surface area contributed by atoms with Crippen LogP contribution in [0.15, 0.2) is 18.2 Å². The summed E-state index contributed by atoms with van der Waals surface area (Å²) in [6.07, 6.45) is 1.18. The van der Waals surface area contributed by atoms with E-state index in [2.05, 4.69) is 5.32 Å². The first kappa shape index (κ1) is 18.1. The van der Waals surface area contributed by atoms with E-state index in [0.29, 0.717) is 25.4 Å². The summed E-state index contributed by atoms with van der Waals surface area (Å²) in [5, 5.41) is 2.96. The molecule has 0 radical (unpaired) electrons. The Hall–Kier alpha value is -2.24. The first-order valence-corrected chi connectivity index (χ1v) is 8.40. The number of nitrogens with one attached hydrogen (secondary N) is 1. The molecule has 1 N–H and O–H groups in total. The fourth-order valence-electron chi connectivity index (χ4n) is 2.64. The van der Waals surface area contributed by atoms with E-state index in [9.17, 15) is 9.59 Å². The minimum Gasteiger partial charge on any atom is -0.484 e. The van der Waals surface area contributed by atoms with Crippen molar-refractivity contribution >= 4 is 12.0 Å². The van der Waals surface area contributed by atoms with Crippen molar-refractivity contribution in [1.82, 2.24) is 10.2 Å². The van der Waals surface area contributed by atoms with E-state index >= 15 is 0 Å². The molecule has 132 valence electrons. The number of piperidine rings is 1. The number of rotatable bonds is 5. The van der Waals surface area contributed by atoms with Gasteiger partial charge in [0.15, 0.2) is 6.61 Å². The molecule has 0 spiro atoms. The average molecular weight is 334 g/mol. The van der Waals surface area contributed by atoms with E-state index in [4.69, 9.17) is 9.47 Å². The predicted octanol–water partition coefficient (Wildman–Crippen LogP) is 2.42. The summed E-state index contributed by atoms with van der Waals surface area (Å²) in [6.45, 7) is 7.42. The monoisotopic (exact) mass is 334 g/mol. The lowest BCUT2D eigenvalue weighted by Gasteiger charge is -2.31. The fraction of sp³-hybridized carbons (Fsp3) is 0.556. The molecule has 1 aromatic rings. The standard InChI is InChI=1S/C18H26N2O4/c1-4-23-18(22)20-9-7-15(8-10-20)19-17(21)12-24-16-6-5-13(2)14(3)11-16/h5-6,11,15H,4,7-10,12H2,1-3H3,(H,19,21). The van der Waals surface area contributed by atoms with Gasteiger partial charge in [-0.3, -0.25) is 4.79 Å². The number of aryl methyl sites for hydroxylation is 2. The van der Waals surface area contributed by atoms with E-state index in [1.165, 1.54) is 5.56 Å². The number of hydrogen-bond acceptors (Lipinski definition) is 4. The van der Waals surface area contributed by atoms with Crippen LogP contribution in [0.4, 0.5) is 4.79 Å². The number of nitrogens with zero attached hydrogens (tertiary/aromatic N) is 1. The van der Waals surface area contributed by atoms with Crippen LogP contribution in [-0.2, 0) is 9.53 Å². The van der Waals surface area contributed by atoms with Crippen LogP contribution in [0.2, 0.25) is 0 Å². The van der Waals surface area contributed by atoms with Gasteiger partial charge in [-0.25, -0.2) is 4.79 Å². The number of carbonyl (C=O) groups excluding carboxylic acids is 2. The number of carbonyl (C=O) groups is 2. The summed E-state index contributed by atoms with van der Waals surface area (Å²) in [7, 11) is 0. The quantitative estimate of drug-likeness (QED) is 0.898. The van der Waals surface area contributed by atoms with Crippen LogP contribution in [0.25, 0.3) is 0 Å². The molecule has 0 atom stereocenters. The Morgan fingerprint density at radius 3 is 2.54 bits per heavy atom. The summed E-state index contributed by atoms with van der Waals surface area (Å²) >= 11 is 0. The van der Waals surface area contributed by atoms with Gasteiger partial charge in [0, 0.05) is 19.1 Å². The Labute approximate surface area is 143 Å². The van der Waals surface area contributed by atoms with E-state index in [1.807, 2.05) is 32.0 Å². The molecule has 0 aromatic heterocycles. The average Bonchev–Trinajstić information content (AvgIpc) is 2.57. The number of amides is 2. The van der Waals surface area contributed by atoms with Crippen LogP contribution in [0, 0.1) is 13.8 Å². The molecule has 0 aliphatic carbocycles. The molecule has 0 saturated carbocycles. The lowest BCUT2D eigenvalue weighted by Crippen LogP contribution is -2.47. The Kier molecular flexibility index (Phi) is 6.46. The largest absolute Gasteiger partial charge is 0.484 e. The molecule has 6 nitrogen and oxygen atoms in total. The molecule has 24 heavy (non-hydrogen) atoms. The van der Waals surface area contributed by atoms with Crippen molar-refractivity contribution in [3.8, 4) is 5.75 Å². The third-order valence-electron chi connectivity index (χ3n) is 4.23. The summed E-state index contributed by atoms with van der Waals surface area (Å²) in [5.74, 6) is 0.563. The molecular weight excluding hydrogens is 308 g/mol. The summed E-state index contributed by atoms with van der Waals surface area (Å²) in [5.41, 5.74) is 2.33. The Morgan fingerprint density at radius 2 is 1.92 bits per heavy atom. The van der Waals surface area contributed by atoms with E-state index in [1.54, 1.807) is 11.8 Å². The molecule has 1 heterocycles. The second-order valence-electron chi connectivity index (χ2n) is 6.06. The molecular formula is C18H26N2O4. The minimum atomic E-state index is -0.277. The molecule has 2 amide bonds. The van der Waals surface area contributed by atoms with Crippen LogP contribution >= 0.6 is 0 Å². The molecule has 2 rings (SSSR count). The Bertz CT molecular complexity index is 580. The normalized spacial score (nSPS) is 15.0. The van der Waals surface area contributed by atoms with Gasteiger partial charge in [-0.05, 0) is 56.9 Å². The summed E-state index contributed by atoms with van der Waals surface area (Å²) in [4.78, 5) is 25.3. The molecule has 1 aromatic carbocycles. The number of likely N-dealkylation sites (tertiary alicyclic amines) is 1. The van der Waals surface area contributed by atoms with Crippen molar-refractivity contribution in [2.45, 2.75) is 39.7 Å². The van der Waals surface area contributed by atoms with Gasteiger partial charge < -0.3 is 19.7 Å². The summed E-state index contributed by atoms with van der Waals surface area (Å²) < 4.78 is 10.5. The molecule has 0 unspecified atom stereocenters. The minimum absolute atomic E-state index is 0.000587. The van der Waals surface area contributed by atoms with Gasteiger partial charge in [0.05, 0.1) is 6.61 Å². The zero-order valence-electron chi connectivity index (χ0n) is 14.6. The lowest BCUT2D eigenvalue weighted by atomic mass is 10.1. The van der Waals surface area contributed by atoms with Gasteiger partial charge in [0.25, 0.3) is 5.91 Å². The highest BCUT2D eigenvalue weighted by Crippen LogP contribution is 2.16. The van der Waals surface area contributed by atoms with Crippen LogP contribution < -0.4 is 10.1 Å². The van der Waals surface area contributed by atoms with Gasteiger partial charge in [0.2, 0.25) is 0 Å². The van der Waals surface area contributed by atoms with Crippen LogP contribution in [0.5, 0.6) is 5.75 Å². The molecule has 6 heteroatoms. The van der Waals surface area contributed by atoms with E-state index in [0.717, 1.165) is 18.4 Å². The molecule has 1 aliphatic heterocycles. The number of benzene rings is 1. The van der Waals surface area contributed by atoms with Crippen LogP contribution in [0.3, 0.4) is 0 Å². The first-order chi connectivity index (χ1) is 11.5. The van der Waals surface area contributed by atoms with Crippen molar-refractivity contribution < 1.29 is 19.1 Å². The maximum Gasteiger partial charge on any atom is 0.409 e. The second kappa shape index (κ2) is 8.57. The van der Waals surface area contributed by atoms with Crippen LogP contribution in [0.1, 0.15) is 30.9 Å². The highest BCUT2D eigenvalue weighted by atomic mass is 16.6. The molecule has 1 fully saturated rings. The second-order valence-corrected chi connectivity index (χ2v) is 6.06. The molecule has 0 bridgehead atoms. The topological polar surface area (TPSA) is 67.9 Å². The van der Waals surface area contributed by atoms with Gasteiger partial charge in [0.1, 0.15) is 5.75 Å². The van der Waals surface area contributed by atoms with E-state index in [-0.39, 0.29) is 24.6 Å². The molecule has 1 saturated heterocycles. The summed E-state index contributed by atoms with van der Waals surface area (Å²) in [6, 6.07) is 5.85. The van der Waals surface area contributed by atoms with Crippen molar-refractivity contribution in [1.29, 1.82) is 0 Å². The van der Waals surface area contributed by atoms with Crippen molar-refractivity contribution in [2.24, 2.45) is 0 Å². The fourth-order valence-corrected chi connectivity index (χ4v) is 2.64. The van der Waals surface area contributed by atoms with Crippen molar-refractivity contribution in [2.75, 3.05) is 26.3 Å². The lowest BCUT2D eigenvalue weighted by molar-refractivity contribution is -0.124. The predicted molar refractivity (Wildman–Crippen MR) is 91.2 cm³/mol. The van der Waals surface area contributed by atoms with Crippen LogP contribution in [-0.4, -0.2) is 49.2 Å². The third kappa shape index (κ3) is 5.15. The maximum atomic E-state index is 12.0. The zero-order valence-corrected chi connectivity index (χ0v) is 14.6. The van der Waals surface area contributed by atoms with Gasteiger partial charge >= 0.3 is 6.09 Å². The highest BCUT2D eigenvalue weighted by Gasteiger charge is 2.24. The third-order valence-corrected chi connectivity index (χ3v) is 4.23. The Balaban J connectivity index is 1.71. The van der Waals surface area contributed by atoms with Gasteiger partial charge in [-0.15, -0.1) is 0 Å².